The molecule has 2 aliphatic rings. The quantitative estimate of drug-likeness (QED) is 0.677. The van der Waals surface area contributed by atoms with Crippen molar-refractivity contribution in [2.45, 2.75) is 63.9 Å². The van der Waals surface area contributed by atoms with E-state index in [4.69, 9.17) is 4.74 Å². The average molecular weight is 474 g/mol. The minimum Gasteiger partial charge on any atom is -0.487 e. The third kappa shape index (κ3) is 5.67. The second kappa shape index (κ2) is 9.88. The minimum atomic E-state index is -0.654. The second-order valence-electron chi connectivity index (χ2n) is 10.0. The summed E-state index contributed by atoms with van der Waals surface area (Å²) in [6.45, 7) is 5.89. The molecule has 1 fully saturated rings. The summed E-state index contributed by atoms with van der Waals surface area (Å²) in [5.41, 5.74) is 1.40. The van der Waals surface area contributed by atoms with Crippen LogP contribution < -0.4 is 10.1 Å². The van der Waals surface area contributed by atoms with E-state index in [0.717, 1.165) is 43.1 Å². The number of ether oxygens (including phenoxy) is 1. The molecule has 4 rings (SSSR count). The van der Waals surface area contributed by atoms with Crippen molar-refractivity contribution in [2.75, 3.05) is 20.1 Å². The lowest BCUT2D eigenvalue weighted by molar-refractivity contribution is 0.0114. The van der Waals surface area contributed by atoms with E-state index in [1.807, 2.05) is 39.1 Å². The maximum atomic E-state index is 14.4. The monoisotopic (exact) mass is 473 g/mol. The number of amides is 2. The fraction of sp³-hybridized carbons (Fsp3) is 0.500. The number of hydrogen-bond donors (Lipinski definition) is 2. The molecule has 184 valence electrons. The maximum Gasteiger partial charge on any atom is 0.318 e. The number of nitrogens with one attached hydrogen (secondary N) is 1. The van der Waals surface area contributed by atoms with Crippen LogP contribution in [0.4, 0.5) is 13.6 Å². The van der Waals surface area contributed by atoms with Crippen molar-refractivity contribution >= 4 is 6.03 Å². The van der Waals surface area contributed by atoms with Crippen LogP contribution in [0.1, 0.15) is 55.9 Å². The van der Waals surface area contributed by atoms with Crippen LogP contribution >= 0.6 is 0 Å². The molecule has 34 heavy (non-hydrogen) atoms. The molecule has 2 heterocycles. The van der Waals surface area contributed by atoms with E-state index >= 15 is 0 Å². The highest BCUT2D eigenvalue weighted by atomic mass is 19.1. The van der Waals surface area contributed by atoms with Crippen molar-refractivity contribution in [1.82, 2.24) is 15.1 Å². The topological polar surface area (TPSA) is 65.0 Å². The minimum absolute atomic E-state index is 0.0385. The van der Waals surface area contributed by atoms with Crippen molar-refractivity contribution in [1.29, 1.82) is 0 Å². The van der Waals surface area contributed by atoms with Gasteiger partial charge in [0.1, 0.15) is 23.0 Å². The number of carbonyl (C=O) groups excluding carboxylic acids is 1. The molecule has 0 aromatic heterocycles. The lowest BCUT2D eigenvalue weighted by Gasteiger charge is -2.37. The molecule has 0 aliphatic carbocycles. The molecule has 0 radical (unpaired) electrons. The SMILES string of the molecule is CN1CCC(N(Cc2ccc(F)cc2F)C(=O)NCc2ccc3c(c2)OC(C)(C)CC3O)CC1. The molecule has 0 saturated carbocycles. The van der Waals surface area contributed by atoms with Crippen molar-refractivity contribution in [3.05, 3.63) is 64.7 Å². The molecule has 1 unspecified atom stereocenters. The molecule has 6 nitrogen and oxygen atoms in total. The van der Waals surface area contributed by atoms with Gasteiger partial charge in [-0.2, -0.15) is 0 Å². The van der Waals surface area contributed by atoms with Gasteiger partial charge in [0.2, 0.25) is 0 Å². The van der Waals surface area contributed by atoms with Crippen LogP contribution in [0.25, 0.3) is 0 Å². The Labute approximate surface area is 199 Å². The van der Waals surface area contributed by atoms with Gasteiger partial charge in [-0.1, -0.05) is 18.2 Å². The zero-order valence-corrected chi connectivity index (χ0v) is 20.0. The molecule has 8 heteroatoms. The van der Waals surface area contributed by atoms with Crippen LogP contribution in [0, 0.1) is 11.6 Å². The molecular formula is C26H33F2N3O3. The first kappa shape index (κ1) is 24.4. The predicted molar refractivity (Wildman–Crippen MR) is 125 cm³/mol. The number of halogens is 2. The van der Waals surface area contributed by atoms with Gasteiger partial charge in [-0.15, -0.1) is 0 Å². The van der Waals surface area contributed by atoms with Gasteiger partial charge in [-0.3, -0.25) is 0 Å². The lowest BCUT2D eigenvalue weighted by Crippen LogP contribution is -2.49. The zero-order chi connectivity index (χ0) is 24.5. The summed E-state index contributed by atoms with van der Waals surface area (Å²) >= 11 is 0. The molecule has 2 aliphatic heterocycles. The van der Waals surface area contributed by atoms with Crippen molar-refractivity contribution in [2.24, 2.45) is 0 Å². The molecule has 2 aromatic rings. The van der Waals surface area contributed by atoms with Gasteiger partial charge in [0.15, 0.2) is 0 Å². The molecule has 0 spiro atoms. The molecule has 2 amide bonds. The highest BCUT2D eigenvalue weighted by Crippen LogP contribution is 2.39. The Hall–Kier alpha value is -2.71. The summed E-state index contributed by atoms with van der Waals surface area (Å²) in [5.74, 6) is -0.672. The summed E-state index contributed by atoms with van der Waals surface area (Å²) in [5, 5.41) is 13.4. The van der Waals surface area contributed by atoms with Crippen LogP contribution in [0.5, 0.6) is 5.75 Å². The standard InChI is InChI=1S/C26H33F2N3O3/c1-26(2)14-23(32)21-7-4-17(12-24(21)34-26)15-29-25(33)31(20-8-10-30(3)11-9-20)16-18-5-6-19(27)13-22(18)28/h4-7,12-13,20,23,32H,8-11,14-16H2,1-3H3,(H,29,33). The molecule has 2 aromatic carbocycles. The number of aliphatic hydroxyl groups excluding tert-OH is 1. The first-order valence-electron chi connectivity index (χ1n) is 11.8. The molecular weight excluding hydrogens is 440 g/mol. The molecule has 2 N–H and O–H groups in total. The van der Waals surface area contributed by atoms with Crippen LogP contribution in [0.3, 0.4) is 0 Å². The Balaban J connectivity index is 1.48. The summed E-state index contributed by atoms with van der Waals surface area (Å²) in [6.07, 6.45) is 1.49. The number of nitrogens with zero attached hydrogens (tertiary/aromatic N) is 2. The van der Waals surface area contributed by atoms with E-state index in [2.05, 4.69) is 10.2 Å². The first-order chi connectivity index (χ1) is 16.1. The fourth-order valence-corrected chi connectivity index (χ4v) is 4.75. The van der Waals surface area contributed by atoms with Gasteiger partial charge in [-0.25, -0.2) is 13.6 Å². The number of fused-ring (bicyclic) bond motifs is 1. The van der Waals surface area contributed by atoms with E-state index in [-0.39, 0.29) is 30.7 Å². The normalized spacial score (nSPS) is 20.4. The molecule has 0 bridgehead atoms. The first-order valence-corrected chi connectivity index (χ1v) is 11.8. The van der Waals surface area contributed by atoms with E-state index in [1.165, 1.54) is 12.1 Å². The van der Waals surface area contributed by atoms with Crippen molar-refractivity contribution < 1.29 is 23.4 Å². The number of urea groups is 1. The van der Waals surface area contributed by atoms with Gasteiger partial charge in [0.25, 0.3) is 0 Å². The Bertz CT molecular complexity index is 1040. The van der Waals surface area contributed by atoms with E-state index in [0.29, 0.717) is 12.2 Å². The smallest absolute Gasteiger partial charge is 0.318 e. The van der Waals surface area contributed by atoms with E-state index < -0.39 is 23.3 Å². The van der Waals surface area contributed by atoms with Crippen LogP contribution in [-0.2, 0) is 13.1 Å². The number of piperidine rings is 1. The van der Waals surface area contributed by atoms with Gasteiger partial charge in [-0.05, 0) is 64.5 Å². The average Bonchev–Trinajstić information content (AvgIpc) is 2.77. The molecule has 1 atom stereocenters. The second-order valence-corrected chi connectivity index (χ2v) is 10.0. The summed E-state index contributed by atoms with van der Waals surface area (Å²) in [6, 6.07) is 8.67. The van der Waals surface area contributed by atoms with Crippen LogP contribution in [0.2, 0.25) is 0 Å². The summed E-state index contributed by atoms with van der Waals surface area (Å²) < 4.78 is 33.8. The molecule has 1 saturated heterocycles. The number of rotatable bonds is 5. The predicted octanol–water partition coefficient (Wildman–Crippen LogP) is 4.37. The third-order valence-electron chi connectivity index (χ3n) is 6.70. The van der Waals surface area contributed by atoms with E-state index in [1.54, 1.807) is 4.90 Å². The highest BCUT2D eigenvalue weighted by Gasteiger charge is 2.33. The van der Waals surface area contributed by atoms with Gasteiger partial charge in [0.05, 0.1) is 12.6 Å². The Kier molecular flexibility index (Phi) is 7.09. The number of aliphatic hydroxyl groups is 1. The van der Waals surface area contributed by atoms with Gasteiger partial charge in [0, 0.05) is 36.2 Å². The van der Waals surface area contributed by atoms with E-state index in [9.17, 15) is 18.7 Å². The Morgan fingerprint density at radius 2 is 1.94 bits per heavy atom. The van der Waals surface area contributed by atoms with Gasteiger partial charge < -0.3 is 25.0 Å². The summed E-state index contributed by atoms with van der Waals surface area (Å²) in [4.78, 5) is 17.1. The fourth-order valence-electron chi connectivity index (χ4n) is 4.75. The van der Waals surface area contributed by atoms with Crippen molar-refractivity contribution in [3.8, 4) is 5.75 Å². The largest absolute Gasteiger partial charge is 0.487 e. The Morgan fingerprint density at radius 1 is 1.21 bits per heavy atom. The zero-order valence-electron chi connectivity index (χ0n) is 20.0. The number of benzene rings is 2. The maximum absolute atomic E-state index is 14.4. The number of hydrogen-bond acceptors (Lipinski definition) is 4. The third-order valence-corrected chi connectivity index (χ3v) is 6.70. The van der Waals surface area contributed by atoms with Crippen molar-refractivity contribution in [3.63, 3.8) is 0 Å². The number of carbonyl (C=O) groups is 1. The lowest BCUT2D eigenvalue weighted by atomic mass is 9.91. The van der Waals surface area contributed by atoms with Crippen LogP contribution in [-0.4, -0.2) is 52.7 Å². The highest BCUT2D eigenvalue weighted by molar-refractivity contribution is 5.74. The van der Waals surface area contributed by atoms with Crippen LogP contribution in [0.15, 0.2) is 36.4 Å². The Morgan fingerprint density at radius 3 is 2.65 bits per heavy atom. The number of likely N-dealkylation sites (tertiary alicyclic amines) is 1. The van der Waals surface area contributed by atoms with Gasteiger partial charge >= 0.3 is 6.03 Å². The summed E-state index contributed by atoms with van der Waals surface area (Å²) in [7, 11) is 2.04.